The number of hydrazine groups is 1. The molecule has 3 rings (SSSR count). The van der Waals surface area contributed by atoms with Crippen molar-refractivity contribution in [2.45, 2.75) is 20.0 Å². The minimum atomic E-state index is -4.55. The number of halogens is 3. The fourth-order valence-corrected chi connectivity index (χ4v) is 3.10. The molecule has 8 heteroatoms. The lowest BCUT2D eigenvalue weighted by atomic mass is 10.1. The van der Waals surface area contributed by atoms with Gasteiger partial charge in [0.1, 0.15) is 5.57 Å². The number of nitrogens with one attached hydrogen (secondary N) is 1. The van der Waals surface area contributed by atoms with Crippen LogP contribution in [0.3, 0.4) is 0 Å². The zero-order valence-corrected chi connectivity index (χ0v) is 16.0. The van der Waals surface area contributed by atoms with E-state index in [0.717, 1.165) is 35.9 Å². The molecule has 0 radical (unpaired) electrons. The number of amides is 2. The molecule has 1 heterocycles. The minimum absolute atomic E-state index is 0.0570. The molecule has 0 spiro atoms. The summed E-state index contributed by atoms with van der Waals surface area (Å²) in [6.45, 7) is 5.79. The zero-order chi connectivity index (χ0) is 21.2. The maximum atomic E-state index is 12.9. The summed E-state index contributed by atoms with van der Waals surface area (Å²) >= 11 is 0. The van der Waals surface area contributed by atoms with Gasteiger partial charge >= 0.3 is 6.18 Å². The molecule has 1 aliphatic heterocycles. The van der Waals surface area contributed by atoms with Gasteiger partial charge in [0.15, 0.2) is 0 Å². The van der Waals surface area contributed by atoms with Crippen molar-refractivity contribution in [1.29, 1.82) is 0 Å². The van der Waals surface area contributed by atoms with Crippen molar-refractivity contribution in [3.8, 4) is 0 Å². The summed E-state index contributed by atoms with van der Waals surface area (Å²) in [6, 6.07) is 11.6. The maximum Gasteiger partial charge on any atom is 0.416 e. The summed E-state index contributed by atoms with van der Waals surface area (Å²) in [5.41, 5.74) is 2.88. The standard InChI is InChI=1S/C21H20F3N3O2/c1-3-26(4-2)16-10-8-14(9-11-16)12-18-19(28)25-27(20(18)29)17-7-5-6-15(13-17)21(22,23)24/h5-13H,3-4H2,1-2H3,(H,25,28). The number of hydrogen-bond donors (Lipinski definition) is 1. The monoisotopic (exact) mass is 403 g/mol. The molecule has 0 unspecified atom stereocenters. The summed E-state index contributed by atoms with van der Waals surface area (Å²) in [4.78, 5) is 27.0. The number of carbonyl (C=O) groups excluding carboxylic acids is 2. The minimum Gasteiger partial charge on any atom is -0.372 e. The van der Waals surface area contributed by atoms with Gasteiger partial charge in [-0.1, -0.05) is 18.2 Å². The van der Waals surface area contributed by atoms with Crippen molar-refractivity contribution in [3.05, 3.63) is 65.2 Å². The molecule has 152 valence electrons. The molecule has 0 aromatic heterocycles. The van der Waals surface area contributed by atoms with E-state index in [4.69, 9.17) is 0 Å². The van der Waals surface area contributed by atoms with Crippen molar-refractivity contribution in [1.82, 2.24) is 5.43 Å². The van der Waals surface area contributed by atoms with E-state index >= 15 is 0 Å². The number of carbonyl (C=O) groups is 2. The Balaban J connectivity index is 1.86. The number of benzene rings is 2. The second-order valence-corrected chi connectivity index (χ2v) is 6.45. The number of hydrogen-bond acceptors (Lipinski definition) is 3. The molecule has 0 atom stereocenters. The molecule has 0 saturated carbocycles. The van der Waals surface area contributed by atoms with Crippen LogP contribution < -0.4 is 15.3 Å². The third-order valence-electron chi connectivity index (χ3n) is 4.66. The lowest BCUT2D eigenvalue weighted by Gasteiger charge is -2.20. The molecule has 1 saturated heterocycles. The first-order valence-corrected chi connectivity index (χ1v) is 9.14. The number of rotatable bonds is 5. The third-order valence-corrected chi connectivity index (χ3v) is 4.66. The lowest BCUT2D eigenvalue weighted by Crippen LogP contribution is -2.35. The van der Waals surface area contributed by atoms with Crippen molar-refractivity contribution in [3.63, 3.8) is 0 Å². The molecule has 0 bridgehead atoms. The highest BCUT2D eigenvalue weighted by atomic mass is 19.4. The molecule has 1 aliphatic rings. The summed E-state index contributed by atoms with van der Waals surface area (Å²) < 4.78 is 38.8. The maximum absolute atomic E-state index is 12.9. The van der Waals surface area contributed by atoms with Crippen molar-refractivity contribution < 1.29 is 22.8 Å². The van der Waals surface area contributed by atoms with Crippen LogP contribution in [0.2, 0.25) is 0 Å². The van der Waals surface area contributed by atoms with Crippen LogP contribution in [-0.2, 0) is 15.8 Å². The predicted octanol–water partition coefficient (Wildman–Crippen LogP) is 4.01. The van der Waals surface area contributed by atoms with Crippen LogP contribution >= 0.6 is 0 Å². The van der Waals surface area contributed by atoms with Crippen LogP contribution in [0.1, 0.15) is 25.0 Å². The van der Waals surface area contributed by atoms with Gasteiger partial charge in [-0.05, 0) is 55.8 Å². The Bertz CT molecular complexity index is 948. The van der Waals surface area contributed by atoms with Crippen molar-refractivity contribution in [2.24, 2.45) is 0 Å². The zero-order valence-electron chi connectivity index (χ0n) is 16.0. The summed E-state index contributed by atoms with van der Waals surface area (Å²) in [5, 5.41) is 0.827. The Labute approximate surface area is 166 Å². The Kier molecular flexibility index (Phi) is 5.63. The second kappa shape index (κ2) is 7.98. The molecule has 0 aliphatic carbocycles. The Morgan fingerprint density at radius 3 is 2.28 bits per heavy atom. The molecule has 5 nitrogen and oxygen atoms in total. The van der Waals surface area contributed by atoms with Gasteiger partial charge in [-0.15, -0.1) is 0 Å². The van der Waals surface area contributed by atoms with Crippen LogP contribution in [-0.4, -0.2) is 24.9 Å². The summed E-state index contributed by atoms with van der Waals surface area (Å²) in [5.74, 6) is -1.37. The van der Waals surface area contributed by atoms with E-state index in [1.165, 1.54) is 18.2 Å². The molecule has 2 amide bonds. The Hall–Kier alpha value is -3.29. The van der Waals surface area contributed by atoms with Crippen LogP contribution in [0.15, 0.2) is 54.1 Å². The predicted molar refractivity (Wildman–Crippen MR) is 105 cm³/mol. The van der Waals surface area contributed by atoms with Gasteiger partial charge in [-0.2, -0.15) is 13.2 Å². The molecule has 1 fully saturated rings. The average Bonchev–Trinajstić information content (AvgIpc) is 2.98. The quantitative estimate of drug-likeness (QED) is 0.606. The SMILES string of the molecule is CCN(CC)c1ccc(C=C2C(=O)NN(c3cccc(C(F)(F)F)c3)C2=O)cc1. The number of anilines is 2. The highest BCUT2D eigenvalue weighted by Crippen LogP contribution is 2.32. The highest BCUT2D eigenvalue weighted by Gasteiger charge is 2.36. The second-order valence-electron chi connectivity index (χ2n) is 6.45. The van der Waals surface area contributed by atoms with Crippen LogP contribution in [0.5, 0.6) is 0 Å². The topological polar surface area (TPSA) is 52.7 Å². The van der Waals surface area contributed by atoms with Crippen LogP contribution in [0.4, 0.5) is 24.5 Å². The first-order chi connectivity index (χ1) is 13.7. The average molecular weight is 403 g/mol. The van der Waals surface area contributed by atoms with E-state index < -0.39 is 23.6 Å². The molecule has 2 aromatic carbocycles. The van der Waals surface area contributed by atoms with Gasteiger partial charge in [0.25, 0.3) is 11.8 Å². The number of alkyl halides is 3. The van der Waals surface area contributed by atoms with E-state index in [2.05, 4.69) is 10.3 Å². The normalized spacial score (nSPS) is 15.8. The van der Waals surface area contributed by atoms with Gasteiger partial charge in [0.2, 0.25) is 0 Å². The fourth-order valence-electron chi connectivity index (χ4n) is 3.10. The van der Waals surface area contributed by atoms with Gasteiger partial charge in [0, 0.05) is 18.8 Å². The van der Waals surface area contributed by atoms with Crippen LogP contribution in [0.25, 0.3) is 6.08 Å². The highest BCUT2D eigenvalue weighted by molar-refractivity contribution is 6.31. The lowest BCUT2D eigenvalue weighted by molar-refractivity contribution is -0.137. The Morgan fingerprint density at radius 1 is 1.03 bits per heavy atom. The molecule has 1 N–H and O–H groups in total. The van der Waals surface area contributed by atoms with Gasteiger partial charge in [-0.25, -0.2) is 5.01 Å². The largest absolute Gasteiger partial charge is 0.416 e. The fraction of sp³-hybridized carbons (Fsp3) is 0.238. The number of nitrogens with zero attached hydrogens (tertiary/aromatic N) is 2. The van der Waals surface area contributed by atoms with Crippen molar-refractivity contribution in [2.75, 3.05) is 23.0 Å². The third kappa shape index (κ3) is 4.26. The van der Waals surface area contributed by atoms with Gasteiger partial charge < -0.3 is 4.90 Å². The smallest absolute Gasteiger partial charge is 0.372 e. The van der Waals surface area contributed by atoms with Gasteiger partial charge in [0.05, 0.1) is 11.3 Å². The summed E-state index contributed by atoms with van der Waals surface area (Å²) in [7, 11) is 0. The Morgan fingerprint density at radius 2 is 1.69 bits per heavy atom. The van der Waals surface area contributed by atoms with E-state index in [1.54, 1.807) is 12.1 Å². The van der Waals surface area contributed by atoms with Gasteiger partial charge in [-0.3, -0.25) is 15.0 Å². The molecule has 2 aromatic rings. The van der Waals surface area contributed by atoms with E-state index in [0.29, 0.717) is 5.56 Å². The van der Waals surface area contributed by atoms with E-state index in [-0.39, 0.29) is 11.3 Å². The van der Waals surface area contributed by atoms with E-state index in [1.807, 2.05) is 26.0 Å². The molecule has 29 heavy (non-hydrogen) atoms. The summed E-state index contributed by atoms with van der Waals surface area (Å²) in [6.07, 6.45) is -3.12. The first kappa shape index (κ1) is 20.4. The first-order valence-electron chi connectivity index (χ1n) is 9.14. The molecular formula is C21H20F3N3O2. The van der Waals surface area contributed by atoms with Crippen LogP contribution in [0, 0.1) is 0 Å². The van der Waals surface area contributed by atoms with E-state index in [9.17, 15) is 22.8 Å². The van der Waals surface area contributed by atoms with Crippen molar-refractivity contribution >= 4 is 29.3 Å². The molecular weight excluding hydrogens is 383 g/mol.